The number of sulfonamides is 1. The molecule has 136 valence electrons. The summed E-state index contributed by atoms with van der Waals surface area (Å²) in [5.41, 5.74) is 5.89. The summed E-state index contributed by atoms with van der Waals surface area (Å²) < 4.78 is 27.0. The van der Waals surface area contributed by atoms with Crippen LogP contribution in [0.15, 0.2) is 24.3 Å². The van der Waals surface area contributed by atoms with E-state index in [-0.39, 0.29) is 6.54 Å². The van der Waals surface area contributed by atoms with Gasteiger partial charge < -0.3 is 0 Å². The van der Waals surface area contributed by atoms with Crippen molar-refractivity contribution in [2.24, 2.45) is 0 Å². The summed E-state index contributed by atoms with van der Waals surface area (Å²) in [6.45, 7) is 8.19. The number of fused-ring (bicyclic) bond motifs is 1. The average Bonchev–Trinajstić information content (AvgIpc) is 2.81. The van der Waals surface area contributed by atoms with Crippen molar-refractivity contribution in [1.29, 1.82) is 0 Å². The van der Waals surface area contributed by atoms with Gasteiger partial charge in [-0.1, -0.05) is 18.2 Å². The Kier molecular flexibility index (Phi) is 5.27. The molecule has 3 rings (SSSR count). The van der Waals surface area contributed by atoms with E-state index in [1.54, 1.807) is 0 Å². The molecular formula is C18H26N4O2S. The summed E-state index contributed by atoms with van der Waals surface area (Å²) in [5.74, 6) is 0. The van der Waals surface area contributed by atoms with Gasteiger partial charge in [0.25, 0.3) is 0 Å². The minimum atomic E-state index is -3.20. The first-order valence-electron chi connectivity index (χ1n) is 8.59. The lowest BCUT2D eigenvalue weighted by molar-refractivity contribution is 0.261. The summed E-state index contributed by atoms with van der Waals surface area (Å²) in [4.78, 5) is 2.43. The van der Waals surface area contributed by atoms with E-state index < -0.39 is 10.0 Å². The molecule has 1 aromatic carbocycles. The van der Waals surface area contributed by atoms with Crippen LogP contribution < -0.4 is 4.72 Å². The molecule has 1 aliphatic rings. The Hall–Kier alpha value is -1.70. The van der Waals surface area contributed by atoms with Crippen LogP contribution in [0.2, 0.25) is 0 Å². The van der Waals surface area contributed by atoms with Gasteiger partial charge in [-0.05, 0) is 43.0 Å². The van der Waals surface area contributed by atoms with Crippen molar-refractivity contribution in [3.63, 3.8) is 0 Å². The maximum atomic E-state index is 11.3. The number of aryl methyl sites for hydroxylation is 3. The molecule has 6 nitrogen and oxygen atoms in total. The average molecular weight is 362 g/mol. The number of hydrogen-bond acceptors (Lipinski definition) is 4. The molecule has 1 aromatic heterocycles. The van der Waals surface area contributed by atoms with E-state index in [0.717, 1.165) is 44.0 Å². The van der Waals surface area contributed by atoms with Gasteiger partial charge in [0, 0.05) is 26.2 Å². The molecule has 7 heteroatoms. The molecule has 1 N–H and O–H groups in total. The smallest absolute Gasteiger partial charge is 0.209 e. The first kappa shape index (κ1) is 18.1. The molecule has 25 heavy (non-hydrogen) atoms. The largest absolute Gasteiger partial charge is 0.293 e. The van der Waals surface area contributed by atoms with E-state index >= 15 is 0 Å². The summed E-state index contributed by atoms with van der Waals surface area (Å²) >= 11 is 0. The molecule has 0 atom stereocenters. The quantitative estimate of drug-likeness (QED) is 0.883. The third kappa shape index (κ3) is 4.90. The Balaban J connectivity index is 1.69. The van der Waals surface area contributed by atoms with Crippen molar-refractivity contribution in [2.45, 2.75) is 46.4 Å². The lowest BCUT2D eigenvalue weighted by Crippen LogP contribution is -2.23. The van der Waals surface area contributed by atoms with E-state index in [1.807, 2.05) is 10.7 Å². The van der Waals surface area contributed by atoms with E-state index in [2.05, 4.69) is 46.8 Å². The molecule has 0 fully saturated rings. The van der Waals surface area contributed by atoms with Crippen LogP contribution >= 0.6 is 0 Å². The van der Waals surface area contributed by atoms with E-state index in [1.165, 1.54) is 22.9 Å². The van der Waals surface area contributed by atoms with Crippen LogP contribution in [0.5, 0.6) is 0 Å². The third-order valence-corrected chi connectivity index (χ3v) is 5.31. The highest BCUT2D eigenvalue weighted by Gasteiger charge is 2.17. The Morgan fingerprint density at radius 3 is 2.68 bits per heavy atom. The molecule has 0 aliphatic carbocycles. The van der Waals surface area contributed by atoms with Crippen LogP contribution in [0.4, 0.5) is 0 Å². The van der Waals surface area contributed by atoms with Crippen LogP contribution in [0.1, 0.15) is 34.5 Å². The maximum Gasteiger partial charge on any atom is 0.209 e. The second-order valence-corrected chi connectivity index (χ2v) is 8.76. The minimum Gasteiger partial charge on any atom is -0.293 e. The number of rotatable bonds is 5. The number of nitrogens with zero attached hydrogens (tertiary/aromatic N) is 3. The fraction of sp³-hybridized carbons (Fsp3) is 0.500. The number of nitrogens with one attached hydrogen (secondary N) is 1. The molecule has 0 radical (unpaired) electrons. The molecule has 0 bridgehead atoms. The zero-order valence-corrected chi connectivity index (χ0v) is 15.9. The Morgan fingerprint density at radius 1 is 1.16 bits per heavy atom. The SMILES string of the molecule is Cc1ccc(CN2CCCn3nc(CNS(C)(=O)=O)cc3C2)cc1C. The number of aromatic nitrogens is 2. The van der Waals surface area contributed by atoms with Gasteiger partial charge in [-0.2, -0.15) is 5.10 Å². The van der Waals surface area contributed by atoms with Crippen LogP contribution in [0, 0.1) is 13.8 Å². The lowest BCUT2D eigenvalue weighted by Gasteiger charge is -2.20. The normalized spacial score (nSPS) is 15.8. The van der Waals surface area contributed by atoms with Crippen LogP contribution in [0.25, 0.3) is 0 Å². The Morgan fingerprint density at radius 2 is 1.96 bits per heavy atom. The summed E-state index contributed by atoms with van der Waals surface area (Å²) in [6.07, 6.45) is 2.21. The van der Waals surface area contributed by atoms with Gasteiger partial charge in [0.15, 0.2) is 0 Å². The number of benzene rings is 1. The highest BCUT2D eigenvalue weighted by Crippen LogP contribution is 2.18. The van der Waals surface area contributed by atoms with Gasteiger partial charge in [-0.15, -0.1) is 0 Å². The van der Waals surface area contributed by atoms with Gasteiger partial charge in [0.05, 0.1) is 24.2 Å². The zero-order valence-electron chi connectivity index (χ0n) is 15.1. The van der Waals surface area contributed by atoms with E-state index in [0.29, 0.717) is 0 Å². The highest BCUT2D eigenvalue weighted by atomic mass is 32.2. The molecule has 0 saturated heterocycles. The van der Waals surface area contributed by atoms with Gasteiger partial charge in [0.1, 0.15) is 0 Å². The standard InChI is InChI=1S/C18H26N4O2S/c1-14-5-6-16(9-15(14)2)12-21-7-4-8-22-18(13-21)10-17(20-22)11-19-25(3,23)24/h5-6,9-10,19H,4,7-8,11-13H2,1-3H3. The van der Waals surface area contributed by atoms with Crippen molar-refractivity contribution in [1.82, 2.24) is 19.4 Å². The molecule has 0 amide bonds. The van der Waals surface area contributed by atoms with Crippen LogP contribution in [-0.2, 0) is 36.2 Å². The predicted octanol–water partition coefficient (Wildman–Crippen LogP) is 1.96. The fourth-order valence-electron chi connectivity index (χ4n) is 3.17. The Bertz CT molecular complexity index is 858. The van der Waals surface area contributed by atoms with Crippen LogP contribution in [-0.4, -0.2) is 35.9 Å². The first-order valence-corrected chi connectivity index (χ1v) is 10.5. The van der Waals surface area contributed by atoms with Gasteiger partial charge in [0.2, 0.25) is 10.0 Å². The lowest BCUT2D eigenvalue weighted by atomic mass is 10.1. The van der Waals surface area contributed by atoms with Crippen molar-refractivity contribution in [3.8, 4) is 0 Å². The van der Waals surface area contributed by atoms with Gasteiger partial charge in [-0.3, -0.25) is 9.58 Å². The highest BCUT2D eigenvalue weighted by molar-refractivity contribution is 7.88. The van der Waals surface area contributed by atoms with Gasteiger partial charge in [-0.25, -0.2) is 13.1 Å². The summed E-state index contributed by atoms with van der Waals surface area (Å²) in [5, 5.41) is 4.54. The molecule has 2 heterocycles. The topological polar surface area (TPSA) is 67.2 Å². The van der Waals surface area contributed by atoms with Crippen LogP contribution in [0.3, 0.4) is 0 Å². The molecule has 1 aliphatic heterocycles. The predicted molar refractivity (Wildman–Crippen MR) is 98.6 cm³/mol. The van der Waals surface area contributed by atoms with Crippen molar-refractivity contribution in [3.05, 3.63) is 52.3 Å². The van der Waals surface area contributed by atoms with Crippen molar-refractivity contribution < 1.29 is 8.42 Å². The first-order chi connectivity index (χ1) is 11.8. The summed E-state index contributed by atoms with van der Waals surface area (Å²) in [7, 11) is -3.20. The number of hydrogen-bond donors (Lipinski definition) is 1. The zero-order chi connectivity index (χ0) is 18.0. The fourth-order valence-corrected chi connectivity index (χ4v) is 3.58. The second kappa shape index (κ2) is 7.27. The van der Waals surface area contributed by atoms with Crippen molar-refractivity contribution in [2.75, 3.05) is 12.8 Å². The molecule has 0 spiro atoms. The second-order valence-electron chi connectivity index (χ2n) is 6.93. The van der Waals surface area contributed by atoms with Gasteiger partial charge >= 0.3 is 0 Å². The molecule has 0 saturated carbocycles. The van der Waals surface area contributed by atoms with Crippen molar-refractivity contribution >= 4 is 10.0 Å². The monoisotopic (exact) mass is 362 g/mol. The summed E-state index contributed by atoms with van der Waals surface area (Å²) in [6, 6.07) is 8.66. The van der Waals surface area contributed by atoms with E-state index in [9.17, 15) is 8.42 Å². The molecule has 0 unspecified atom stereocenters. The third-order valence-electron chi connectivity index (χ3n) is 4.64. The molecular weight excluding hydrogens is 336 g/mol. The van der Waals surface area contributed by atoms with E-state index in [4.69, 9.17) is 0 Å². The maximum absolute atomic E-state index is 11.3. The molecule has 2 aromatic rings. The Labute approximate surface area is 149 Å². The minimum absolute atomic E-state index is 0.246.